The summed E-state index contributed by atoms with van der Waals surface area (Å²) >= 11 is 0. The molecule has 0 saturated carbocycles. The number of ether oxygens (including phenoxy) is 1. The molecule has 4 rings (SSSR count). The third-order valence-electron chi connectivity index (χ3n) is 4.97. The third kappa shape index (κ3) is 2.93. The molecule has 1 saturated heterocycles. The number of carbonyl (C=O) groups is 2. The average molecular weight is 342 g/mol. The second-order valence-electron chi connectivity index (χ2n) is 7.70. The third-order valence-corrected chi connectivity index (χ3v) is 4.97. The highest BCUT2D eigenvalue weighted by molar-refractivity contribution is 6.01. The van der Waals surface area contributed by atoms with E-state index in [0.29, 0.717) is 29.7 Å². The summed E-state index contributed by atoms with van der Waals surface area (Å²) in [6, 6.07) is 0. The summed E-state index contributed by atoms with van der Waals surface area (Å²) in [5.41, 5.74) is 2.25. The Morgan fingerprint density at radius 2 is 2.24 bits per heavy atom. The fraction of sp³-hybridized carbons (Fsp3) is 0.556. The molecule has 0 spiro atoms. The molecule has 25 heavy (non-hydrogen) atoms. The minimum Gasteiger partial charge on any atom is -0.376 e. The van der Waals surface area contributed by atoms with Crippen molar-refractivity contribution < 1.29 is 14.3 Å². The number of ketones is 1. The lowest BCUT2D eigenvalue weighted by atomic mass is 9.76. The molecular weight excluding hydrogens is 320 g/mol. The maximum Gasteiger partial charge on any atom is 0.256 e. The maximum absolute atomic E-state index is 12.5. The minimum atomic E-state index is -0.209. The van der Waals surface area contributed by atoms with Crippen molar-refractivity contribution in [2.45, 2.75) is 45.6 Å². The zero-order valence-electron chi connectivity index (χ0n) is 14.5. The Morgan fingerprint density at radius 3 is 3.00 bits per heavy atom. The first-order valence-electron chi connectivity index (χ1n) is 8.73. The van der Waals surface area contributed by atoms with Gasteiger partial charge in [-0.15, -0.1) is 0 Å². The van der Waals surface area contributed by atoms with Gasteiger partial charge in [0.15, 0.2) is 11.4 Å². The van der Waals surface area contributed by atoms with Crippen molar-refractivity contribution in [2.75, 3.05) is 13.2 Å². The summed E-state index contributed by atoms with van der Waals surface area (Å²) in [7, 11) is 0. The summed E-state index contributed by atoms with van der Waals surface area (Å²) in [6.07, 6.45) is 6.44. The van der Waals surface area contributed by atoms with Gasteiger partial charge in [-0.1, -0.05) is 13.8 Å². The first-order valence-corrected chi connectivity index (χ1v) is 8.73. The van der Waals surface area contributed by atoms with Crippen LogP contribution in [0.15, 0.2) is 12.4 Å². The summed E-state index contributed by atoms with van der Waals surface area (Å²) in [6.45, 7) is 5.39. The number of fused-ring (bicyclic) bond motifs is 3. The van der Waals surface area contributed by atoms with Gasteiger partial charge < -0.3 is 10.1 Å². The van der Waals surface area contributed by atoms with Gasteiger partial charge in [0.2, 0.25) is 0 Å². The lowest BCUT2D eigenvalue weighted by Gasteiger charge is -2.29. The van der Waals surface area contributed by atoms with Crippen molar-refractivity contribution in [3.63, 3.8) is 0 Å². The van der Waals surface area contributed by atoms with Gasteiger partial charge in [0, 0.05) is 25.8 Å². The van der Waals surface area contributed by atoms with E-state index in [1.807, 2.05) is 0 Å². The molecule has 3 heterocycles. The van der Waals surface area contributed by atoms with E-state index in [9.17, 15) is 9.59 Å². The van der Waals surface area contributed by atoms with Crippen molar-refractivity contribution in [1.29, 1.82) is 0 Å². The zero-order valence-corrected chi connectivity index (χ0v) is 14.5. The Morgan fingerprint density at radius 1 is 1.40 bits per heavy atom. The van der Waals surface area contributed by atoms with Crippen molar-refractivity contribution in [3.8, 4) is 0 Å². The Balaban J connectivity index is 1.64. The Hall–Kier alpha value is -2.28. The lowest BCUT2D eigenvalue weighted by molar-refractivity contribution is 0.0858. The molecule has 1 fully saturated rings. The van der Waals surface area contributed by atoms with E-state index in [2.05, 4.69) is 29.2 Å². The molecule has 2 aliphatic rings. The van der Waals surface area contributed by atoms with Crippen molar-refractivity contribution in [3.05, 3.63) is 29.2 Å². The van der Waals surface area contributed by atoms with Crippen LogP contribution in [0.25, 0.3) is 5.65 Å². The Kier molecular flexibility index (Phi) is 3.83. The average Bonchev–Trinajstić information content (AvgIpc) is 3.21. The number of rotatable bonds is 3. The fourth-order valence-electron chi connectivity index (χ4n) is 3.69. The summed E-state index contributed by atoms with van der Waals surface area (Å²) in [5.74, 6) is -0.125. The normalized spacial score (nSPS) is 22.2. The van der Waals surface area contributed by atoms with Crippen LogP contribution in [-0.2, 0) is 11.2 Å². The van der Waals surface area contributed by atoms with Crippen LogP contribution in [0.5, 0.6) is 0 Å². The summed E-state index contributed by atoms with van der Waals surface area (Å²) < 4.78 is 7.18. The molecule has 0 unspecified atom stereocenters. The van der Waals surface area contributed by atoms with Gasteiger partial charge in [0.1, 0.15) is 5.56 Å². The highest BCUT2D eigenvalue weighted by Crippen LogP contribution is 2.34. The van der Waals surface area contributed by atoms with Gasteiger partial charge in [-0.25, -0.2) is 9.50 Å². The van der Waals surface area contributed by atoms with E-state index >= 15 is 0 Å². The predicted molar refractivity (Wildman–Crippen MR) is 90.7 cm³/mol. The van der Waals surface area contributed by atoms with Crippen LogP contribution < -0.4 is 5.32 Å². The highest BCUT2D eigenvalue weighted by atomic mass is 16.5. The molecule has 7 nitrogen and oxygen atoms in total. The van der Waals surface area contributed by atoms with E-state index in [0.717, 1.165) is 31.6 Å². The van der Waals surface area contributed by atoms with Gasteiger partial charge in [0.05, 0.1) is 23.6 Å². The predicted octanol–water partition coefficient (Wildman–Crippen LogP) is 1.79. The molecule has 1 amide bonds. The van der Waals surface area contributed by atoms with E-state index in [4.69, 9.17) is 4.74 Å². The van der Waals surface area contributed by atoms with Crippen LogP contribution >= 0.6 is 0 Å². The van der Waals surface area contributed by atoms with Crippen LogP contribution in [-0.4, -0.2) is 45.5 Å². The van der Waals surface area contributed by atoms with Crippen LogP contribution in [0.3, 0.4) is 0 Å². The minimum absolute atomic E-state index is 0.0838. The van der Waals surface area contributed by atoms with Crippen molar-refractivity contribution >= 4 is 17.3 Å². The topological polar surface area (TPSA) is 85.6 Å². The van der Waals surface area contributed by atoms with Gasteiger partial charge in [0.25, 0.3) is 5.91 Å². The van der Waals surface area contributed by atoms with Crippen molar-refractivity contribution in [1.82, 2.24) is 19.9 Å². The molecule has 0 bridgehead atoms. The van der Waals surface area contributed by atoms with Crippen LogP contribution in [0.2, 0.25) is 0 Å². The second-order valence-corrected chi connectivity index (χ2v) is 7.70. The second kappa shape index (κ2) is 5.91. The summed E-state index contributed by atoms with van der Waals surface area (Å²) in [5, 5.41) is 7.24. The SMILES string of the molecule is CC1(C)CC(=O)c2cnc3c(C(=O)NC[C@H]4CCCO4)cnn3c2C1. The van der Waals surface area contributed by atoms with Crippen molar-refractivity contribution in [2.24, 2.45) is 5.41 Å². The van der Waals surface area contributed by atoms with Crippen LogP contribution in [0.1, 0.15) is 59.5 Å². The van der Waals surface area contributed by atoms with Crippen LogP contribution in [0.4, 0.5) is 0 Å². The zero-order chi connectivity index (χ0) is 17.6. The molecule has 0 radical (unpaired) electrons. The van der Waals surface area contributed by atoms with Gasteiger partial charge >= 0.3 is 0 Å². The molecule has 1 N–H and O–H groups in total. The summed E-state index contributed by atoms with van der Waals surface area (Å²) in [4.78, 5) is 29.2. The van der Waals surface area contributed by atoms with Crippen LogP contribution in [0, 0.1) is 5.41 Å². The first-order chi connectivity index (χ1) is 11.9. The van der Waals surface area contributed by atoms with E-state index in [1.54, 1.807) is 10.7 Å². The monoisotopic (exact) mass is 342 g/mol. The number of hydrogen-bond acceptors (Lipinski definition) is 5. The number of carbonyl (C=O) groups excluding carboxylic acids is 2. The van der Waals surface area contributed by atoms with Gasteiger partial charge in [-0.3, -0.25) is 9.59 Å². The molecule has 132 valence electrons. The molecule has 2 aromatic heterocycles. The van der Waals surface area contributed by atoms with Gasteiger partial charge in [-0.2, -0.15) is 5.10 Å². The molecular formula is C18H22N4O3. The number of aromatic nitrogens is 3. The Bertz CT molecular complexity index is 849. The van der Waals surface area contributed by atoms with E-state index in [-0.39, 0.29) is 23.2 Å². The molecule has 7 heteroatoms. The van der Waals surface area contributed by atoms with Gasteiger partial charge in [-0.05, 0) is 24.7 Å². The number of nitrogens with one attached hydrogen (secondary N) is 1. The number of amides is 1. The standard InChI is InChI=1S/C18H22N4O3/c1-18(2)6-14-12(15(23)7-18)9-19-16-13(10-21-22(14)16)17(24)20-8-11-4-3-5-25-11/h9-11H,3-8H2,1-2H3,(H,20,24)/t11-/m1/s1. The van der Waals surface area contributed by atoms with E-state index < -0.39 is 0 Å². The molecule has 1 aliphatic carbocycles. The maximum atomic E-state index is 12.5. The lowest BCUT2D eigenvalue weighted by Crippen LogP contribution is -2.32. The molecule has 0 aromatic carbocycles. The smallest absolute Gasteiger partial charge is 0.256 e. The largest absolute Gasteiger partial charge is 0.376 e. The highest BCUT2D eigenvalue weighted by Gasteiger charge is 2.33. The first kappa shape index (κ1) is 16.2. The number of Topliss-reactive ketones (excluding diaryl/α,β-unsaturated/α-hetero) is 1. The fourth-order valence-corrected chi connectivity index (χ4v) is 3.69. The quantitative estimate of drug-likeness (QED) is 0.919. The van der Waals surface area contributed by atoms with E-state index in [1.165, 1.54) is 6.20 Å². The molecule has 1 atom stereocenters. The Labute approximate surface area is 145 Å². The number of hydrogen-bond donors (Lipinski definition) is 1. The molecule has 1 aliphatic heterocycles. The number of nitrogens with zero attached hydrogens (tertiary/aromatic N) is 3. The molecule has 2 aromatic rings.